The zero-order valence-electron chi connectivity index (χ0n) is 15.1. The number of H-pyrrole nitrogens is 1. The fraction of sp³-hybridized carbons (Fsp3) is 0.684. The summed E-state index contributed by atoms with van der Waals surface area (Å²) < 4.78 is 5.36. The van der Waals surface area contributed by atoms with Gasteiger partial charge in [0.05, 0.1) is 25.4 Å². The van der Waals surface area contributed by atoms with Crippen molar-refractivity contribution in [3.8, 4) is 0 Å². The normalized spacial score (nSPS) is 27.2. The minimum atomic E-state index is -0.458. The van der Waals surface area contributed by atoms with Crippen LogP contribution in [0.4, 0.5) is 0 Å². The Morgan fingerprint density at radius 3 is 2.77 bits per heavy atom. The standard InChI is InChI=1S/C19H27N3O4/c23-17-12-26-11-16(17)21-6-3-7-22(9-8-21)19(25)14-10-13-4-1-2-5-15(13)20-18(14)24/h10,16-17,23H,1-9,11-12H2,(H,20,24)/t16-,17-/m1/s1. The summed E-state index contributed by atoms with van der Waals surface area (Å²) in [4.78, 5) is 32.3. The Morgan fingerprint density at radius 2 is 1.96 bits per heavy atom. The summed E-state index contributed by atoms with van der Waals surface area (Å²) in [5.41, 5.74) is 2.11. The quantitative estimate of drug-likeness (QED) is 0.784. The van der Waals surface area contributed by atoms with E-state index in [2.05, 4.69) is 9.88 Å². The molecule has 26 heavy (non-hydrogen) atoms. The molecule has 2 fully saturated rings. The highest BCUT2D eigenvalue weighted by molar-refractivity contribution is 5.94. The van der Waals surface area contributed by atoms with Gasteiger partial charge in [0.15, 0.2) is 0 Å². The van der Waals surface area contributed by atoms with Crippen LogP contribution in [0.3, 0.4) is 0 Å². The van der Waals surface area contributed by atoms with Gasteiger partial charge in [0.2, 0.25) is 0 Å². The lowest BCUT2D eigenvalue weighted by Crippen LogP contribution is -2.45. The molecule has 0 unspecified atom stereocenters. The second-order valence-corrected chi connectivity index (χ2v) is 7.58. The number of hydrogen-bond acceptors (Lipinski definition) is 5. The van der Waals surface area contributed by atoms with E-state index in [9.17, 15) is 14.7 Å². The van der Waals surface area contributed by atoms with Crippen LogP contribution in [0.1, 0.15) is 40.9 Å². The maximum absolute atomic E-state index is 13.0. The molecule has 7 heteroatoms. The van der Waals surface area contributed by atoms with Crippen molar-refractivity contribution >= 4 is 5.91 Å². The number of aryl methyl sites for hydroxylation is 2. The molecule has 2 atom stereocenters. The van der Waals surface area contributed by atoms with E-state index < -0.39 is 6.10 Å². The molecule has 0 radical (unpaired) electrons. The van der Waals surface area contributed by atoms with Gasteiger partial charge in [-0.3, -0.25) is 14.5 Å². The number of pyridine rings is 1. The number of fused-ring (bicyclic) bond motifs is 1. The molecule has 2 N–H and O–H groups in total. The Labute approximate surface area is 152 Å². The zero-order chi connectivity index (χ0) is 18.1. The number of rotatable bonds is 2. The first kappa shape index (κ1) is 17.7. The van der Waals surface area contributed by atoms with Crippen LogP contribution in [-0.2, 0) is 17.6 Å². The molecule has 142 valence electrons. The number of aromatic amines is 1. The summed E-state index contributed by atoms with van der Waals surface area (Å²) in [6, 6.07) is 1.82. The summed E-state index contributed by atoms with van der Waals surface area (Å²) in [5, 5.41) is 10.0. The fourth-order valence-corrected chi connectivity index (χ4v) is 4.36. The van der Waals surface area contributed by atoms with Crippen molar-refractivity contribution in [2.45, 2.75) is 44.2 Å². The molecule has 7 nitrogen and oxygen atoms in total. The average molecular weight is 361 g/mol. The molecule has 2 aliphatic heterocycles. The highest BCUT2D eigenvalue weighted by atomic mass is 16.5. The van der Waals surface area contributed by atoms with Gasteiger partial charge in [-0.2, -0.15) is 0 Å². The summed E-state index contributed by atoms with van der Waals surface area (Å²) in [6.07, 6.45) is 4.40. The minimum Gasteiger partial charge on any atom is -0.389 e. The van der Waals surface area contributed by atoms with Crippen LogP contribution < -0.4 is 5.56 Å². The van der Waals surface area contributed by atoms with Gasteiger partial charge in [0.25, 0.3) is 11.5 Å². The summed E-state index contributed by atoms with van der Waals surface area (Å²) in [5.74, 6) is -0.176. The lowest BCUT2D eigenvalue weighted by molar-refractivity contribution is 0.0723. The third kappa shape index (κ3) is 3.43. The molecule has 4 rings (SSSR count). The average Bonchev–Trinajstić information content (AvgIpc) is 2.92. The van der Waals surface area contributed by atoms with Crippen LogP contribution in [0, 0.1) is 0 Å². The maximum atomic E-state index is 13.0. The summed E-state index contributed by atoms with van der Waals surface area (Å²) in [7, 11) is 0. The van der Waals surface area contributed by atoms with Crippen molar-refractivity contribution in [1.82, 2.24) is 14.8 Å². The molecule has 0 aromatic carbocycles. The number of nitrogens with zero attached hydrogens (tertiary/aromatic N) is 2. The lowest BCUT2D eigenvalue weighted by Gasteiger charge is -2.28. The molecule has 1 amide bonds. The summed E-state index contributed by atoms with van der Waals surface area (Å²) in [6.45, 7) is 3.65. The smallest absolute Gasteiger partial charge is 0.261 e. The van der Waals surface area contributed by atoms with Gasteiger partial charge >= 0.3 is 0 Å². The van der Waals surface area contributed by atoms with Crippen LogP contribution in [0.25, 0.3) is 0 Å². The number of amides is 1. The Bertz CT molecular complexity index is 732. The highest BCUT2D eigenvalue weighted by Crippen LogP contribution is 2.20. The number of carbonyl (C=O) groups is 1. The largest absolute Gasteiger partial charge is 0.389 e. The van der Waals surface area contributed by atoms with E-state index in [1.807, 2.05) is 6.07 Å². The predicted molar refractivity (Wildman–Crippen MR) is 96.4 cm³/mol. The van der Waals surface area contributed by atoms with Crippen molar-refractivity contribution in [2.75, 3.05) is 39.4 Å². The van der Waals surface area contributed by atoms with Crippen molar-refractivity contribution in [2.24, 2.45) is 0 Å². The topological polar surface area (TPSA) is 85.9 Å². The van der Waals surface area contributed by atoms with Crippen molar-refractivity contribution in [3.63, 3.8) is 0 Å². The first-order valence-corrected chi connectivity index (χ1v) is 9.67. The van der Waals surface area contributed by atoms with E-state index in [0.29, 0.717) is 32.8 Å². The zero-order valence-corrected chi connectivity index (χ0v) is 15.1. The predicted octanol–water partition coefficient (Wildman–Crippen LogP) is 0.161. The first-order chi connectivity index (χ1) is 12.6. The lowest BCUT2D eigenvalue weighted by atomic mass is 9.95. The van der Waals surface area contributed by atoms with Crippen LogP contribution in [0.15, 0.2) is 10.9 Å². The molecule has 1 aromatic rings. The molecule has 1 aromatic heterocycles. The van der Waals surface area contributed by atoms with Crippen LogP contribution in [0.2, 0.25) is 0 Å². The first-order valence-electron chi connectivity index (χ1n) is 9.67. The number of carbonyl (C=O) groups excluding carboxylic acids is 1. The molecular weight excluding hydrogens is 334 g/mol. The van der Waals surface area contributed by atoms with E-state index in [0.717, 1.165) is 49.9 Å². The molecule has 0 bridgehead atoms. The summed E-state index contributed by atoms with van der Waals surface area (Å²) >= 11 is 0. The fourth-order valence-electron chi connectivity index (χ4n) is 4.36. The number of nitrogens with one attached hydrogen (secondary N) is 1. The number of aromatic nitrogens is 1. The number of hydrogen-bond donors (Lipinski definition) is 2. The van der Waals surface area contributed by atoms with Gasteiger partial charge in [-0.15, -0.1) is 0 Å². The third-order valence-corrected chi connectivity index (χ3v) is 5.88. The number of aliphatic hydroxyl groups excluding tert-OH is 1. The van der Waals surface area contributed by atoms with Crippen LogP contribution in [0.5, 0.6) is 0 Å². The van der Waals surface area contributed by atoms with E-state index >= 15 is 0 Å². The minimum absolute atomic E-state index is 0.0113. The van der Waals surface area contributed by atoms with E-state index in [1.165, 1.54) is 0 Å². The van der Waals surface area contributed by atoms with Crippen molar-refractivity contribution < 1.29 is 14.6 Å². The van der Waals surface area contributed by atoms with Crippen LogP contribution >= 0.6 is 0 Å². The van der Waals surface area contributed by atoms with Gasteiger partial charge in [0, 0.05) is 31.9 Å². The number of aliphatic hydroxyl groups is 1. The van der Waals surface area contributed by atoms with Gasteiger partial charge in [0.1, 0.15) is 5.56 Å². The van der Waals surface area contributed by atoms with Gasteiger partial charge in [-0.05, 0) is 43.7 Å². The molecular formula is C19H27N3O4. The SMILES string of the molecule is O=C(c1cc2c([nH]c1=O)CCCC2)N1CCCN([C@@H]2COC[C@H]2O)CC1. The van der Waals surface area contributed by atoms with Gasteiger partial charge in [-0.25, -0.2) is 0 Å². The second kappa shape index (κ2) is 7.50. The van der Waals surface area contributed by atoms with Crippen molar-refractivity contribution in [1.29, 1.82) is 0 Å². The molecule has 3 aliphatic rings. The van der Waals surface area contributed by atoms with Gasteiger partial charge < -0.3 is 19.7 Å². The van der Waals surface area contributed by atoms with E-state index in [1.54, 1.807) is 4.90 Å². The Hall–Kier alpha value is -1.70. The highest BCUT2D eigenvalue weighted by Gasteiger charge is 2.33. The van der Waals surface area contributed by atoms with E-state index in [4.69, 9.17) is 4.74 Å². The second-order valence-electron chi connectivity index (χ2n) is 7.58. The molecule has 0 saturated carbocycles. The molecule has 2 saturated heterocycles. The van der Waals surface area contributed by atoms with Gasteiger partial charge in [-0.1, -0.05) is 0 Å². The Balaban J connectivity index is 1.48. The number of ether oxygens (including phenoxy) is 1. The van der Waals surface area contributed by atoms with Crippen LogP contribution in [-0.4, -0.2) is 77.3 Å². The maximum Gasteiger partial charge on any atom is 0.261 e. The Morgan fingerprint density at radius 1 is 1.12 bits per heavy atom. The van der Waals surface area contributed by atoms with E-state index in [-0.39, 0.29) is 23.1 Å². The Kier molecular flexibility index (Phi) is 5.11. The molecule has 1 aliphatic carbocycles. The third-order valence-electron chi connectivity index (χ3n) is 5.88. The molecule has 3 heterocycles. The molecule has 0 spiro atoms. The monoisotopic (exact) mass is 361 g/mol. The van der Waals surface area contributed by atoms with Crippen molar-refractivity contribution in [3.05, 3.63) is 33.2 Å².